The van der Waals surface area contributed by atoms with Crippen LogP contribution in [0.3, 0.4) is 0 Å². The quantitative estimate of drug-likeness (QED) is 0.344. The molecular formula is C15H27NO5. The van der Waals surface area contributed by atoms with Crippen molar-refractivity contribution in [3.05, 3.63) is 12.2 Å². The molecule has 0 saturated carbocycles. The lowest BCUT2D eigenvalue weighted by Crippen LogP contribution is -2.45. The van der Waals surface area contributed by atoms with Crippen LogP contribution in [0.25, 0.3) is 0 Å². The molecule has 1 N–H and O–H groups in total. The molecule has 0 fully saturated rings. The molecule has 0 aliphatic rings. The molecule has 0 amide bonds. The highest BCUT2D eigenvalue weighted by Crippen LogP contribution is 2.08. The average Bonchev–Trinajstić information content (AvgIpc) is 2.25. The van der Waals surface area contributed by atoms with Gasteiger partial charge in [-0.05, 0) is 12.8 Å². The van der Waals surface area contributed by atoms with Gasteiger partial charge in [-0.25, -0.2) is 0 Å². The second kappa shape index (κ2) is 9.52. The second-order valence-corrected chi connectivity index (χ2v) is 6.13. The van der Waals surface area contributed by atoms with Gasteiger partial charge in [-0.2, -0.15) is 0 Å². The number of hydrogen-bond acceptors (Lipinski definition) is 5. The molecule has 2 atom stereocenters. The van der Waals surface area contributed by atoms with Crippen molar-refractivity contribution in [2.24, 2.45) is 0 Å². The molecule has 122 valence electrons. The second-order valence-electron chi connectivity index (χ2n) is 6.13. The van der Waals surface area contributed by atoms with E-state index < -0.39 is 24.1 Å². The van der Waals surface area contributed by atoms with Crippen molar-refractivity contribution >= 4 is 11.9 Å². The van der Waals surface area contributed by atoms with E-state index in [9.17, 15) is 19.8 Å². The van der Waals surface area contributed by atoms with Crippen LogP contribution in [0.4, 0.5) is 0 Å². The van der Waals surface area contributed by atoms with E-state index in [1.807, 2.05) is 40.2 Å². The highest BCUT2D eigenvalue weighted by atomic mass is 16.5. The number of likely N-dealkylation sites (N-methyl/N-ethyl adjacent to an activating group) is 1. The van der Waals surface area contributed by atoms with Crippen LogP contribution in [-0.4, -0.2) is 61.4 Å². The monoisotopic (exact) mass is 301 g/mol. The van der Waals surface area contributed by atoms with Crippen LogP contribution in [0.15, 0.2) is 12.2 Å². The van der Waals surface area contributed by atoms with Gasteiger partial charge in [0.05, 0.1) is 33.7 Å². The Morgan fingerprint density at radius 3 is 2.33 bits per heavy atom. The Morgan fingerprint density at radius 1 is 1.24 bits per heavy atom. The zero-order valence-electron chi connectivity index (χ0n) is 13.4. The molecule has 0 radical (unpaired) electrons. The molecule has 2 unspecified atom stereocenters. The van der Waals surface area contributed by atoms with Crippen LogP contribution in [-0.2, 0) is 14.3 Å². The number of aliphatic hydroxyl groups is 1. The maximum Gasteiger partial charge on any atom is 0.308 e. The summed E-state index contributed by atoms with van der Waals surface area (Å²) in [5.41, 5.74) is 0. The Bertz CT molecular complexity index is 360. The van der Waals surface area contributed by atoms with Gasteiger partial charge in [-0.3, -0.25) is 4.79 Å². The van der Waals surface area contributed by atoms with Crippen molar-refractivity contribution in [1.29, 1.82) is 0 Å². The summed E-state index contributed by atoms with van der Waals surface area (Å²) >= 11 is 0. The standard InChI is InChI=1S/C15H27NO5/c1-5-6-7-8-12(17)9-15(20)21-13(10-14(18)19)11-16(2,3)4/h6-7,12-13,17H,5,8-11H2,1-4H3/b7-6-. The fraction of sp³-hybridized carbons (Fsp3) is 0.733. The summed E-state index contributed by atoms with van der Waals surface area (Å²) in [7, 11) is 5.63. The van der Waals surface area contributed by atoms with Gasteiger partial charge in [0.25, 0.3) is 0 Å². The summed E-state index contributed by atoms with van der Waals surface area (Å²) in [5.74, 6) is -1.85. The van der Waals surface area contributed by atoms with Gasteiger partial charge in [0.2, 0.25) is 0 Å². The molecule has 0 spiro atoms. The largest absolute Gasteiger partial charge is 0.550 e. The number of aliphatic hydroxyl groups excluding tert-OH is 1. The Kier molecular flexibility index (Phi) is 8.89. The summed E-state index contributed by atoms with van der Waals surface area (Å²) < 4.78 is 5.62. The highest BCUT2D eigenvalue weighted by Gasteiger charge is 2.23. The van der Waals surface area contributed by atoms with E-state index in [0.29, 0.717) is 17.4 Å². The lowest BCUT2D eigenvalue weighted by Gasteiger charge is -2.29. The van der Waals surface area contributed by atoms with Crippen molar-refractivity contribution in [3.8, 4) is 0 Å². The summed E-state index contributed by atoms with van der Waals surface area (Å²) in [5, 5.41) is 20.4. The van der Waals surface area contributed by atoms with Gasteiger partial charge in [0.1, 0.15) is 6.54 Å². The molecule has 6 nitrogen and oxygen atoms in total. The van der Waals surface area contributed by atoms with Crippen molar-refractivity contribution < 1.29 is 29.0 Å². The third-order valence-electron chi connectivity index (χ3n) is 2.66. The van der Waals surface area contributed by atoms with Gasteiger partial charge >= 0.3 is 5.97 Å². The van der Waals surface area contributed by atoms with Gasteiger partial charge in [0, 0.05) is 12.4 Å². The summed E-state index contributed by atoms with van der Waals surface area (Å²) in [6, 6.07) is 0. The highest BCUT2D eigenvalue weighted by molar-refractivity contribution is 5.71. The Balaban J connectivity index is 4.38. The minimum Gasteiger partial charge on any atom is -0.550 e. The topological polar surface area (TPSA) is 86.7 Å². The molecule has 21 heavy (non-hydrogen) atoms. The molecular weight excluding hydrogens is 274 g/mol. The van der Waals surface area contributed by atoms with Crippen molar-refractivity contribution in [2.75, 3.05) is 27.7 Å². The van der Waals surface area contributed by atoms with Gasteiger partial charge in [-0.15, -0.1) is 0 Å². The minimum absolute atomic E-state index is 0.144. The van der Waals surface area contributed by atoms with Crippen molar-refractivity contribution in [2.45, 2.75) is 44.8 Å². The van der Waals surface area contributed by atoms with Crippen LogP contribution < -0.4 is 5.11 Å². The minimum atomic E-state index is -1.26. The molecule has 0 aromatic rings. The van der Waals surface area contributed by atoms with Crippen LogP contribution in [0.5, 0.6) is 0 Å². The molecule has 0 aromatic heterocycles. The smallest absolute Gasteiger partial charge is 0.308 e. The first kappa shape index (κ1) is 19.6. The molecule has 0 aliphatic heterocycles. The number of nitrogens with zero attached hydrogens (tertiary/aromatic N) is 1. The molecule has 0 aliphatic carbocycles. The number of ether oxygens (including phenoxy) is 1. The number of carboxylic acids is 1. The number of aliphatic carboxylic acids is 1. The SMILES string of the molecule is CC/C=C\CC(O)CC(=O)OC(CC(=O)[O-])C[N+](C)(C)C. The molecule has 6 heteroatoms. The van der Waals surface area contributed by atoms with E-state index in [1.54, 1.807) is 0 Å². The number of carbonyl (C=O) groups is 2. The number of allylic oxidation sites excluding steroid dienone is 1. The molecule has 0 heterocycles. The zero-order valence-corrected chi connectivity index (χ0v) is 13.4. The molecule has 0 bridgehead atoms. The number of quaternary nitrogens is 1. The molecule has 0 aromatic carbocycles. The zero-order chi connectivity index (χ0) is 16.5. The first-order chi connectivity index (χ1) is 9.64. The third-order valence-corrected chi connectivity index (χ3v) is 2.66. The Hall–Kier alpha value is -1.40. The normalized spacial score (nSPS) is 14.9. The van der Waals surface area contributed by atoms with E-state index in [4.69, 9.17) is 4.74 Å². The maximum absolute atomic E-state index is 11.7. The summed E-state index contributed by atoms with van der Waals surface area (Å²) in [6.45, 7) is 2.35. The van der Waals surface area contributed by atoms with Crippen LogP contribution in [0.2, 0.25) is 0 Å². The third kappa shape index (κ3) is 12.1. The Morgan fingerprint density at radius 2 is 1.86 bits per heavy atom. The maximum atomic E-state index is 11.7. The van der Waals surface area contributed by atoms with E-state index >= 15 is 0 Å². The number of hydrogen-bond donors (Lipinski definition) is 1. The molecule has 0 rings (SSSR count). The average molecular weight is 301 g/mol. The first-order valence-corrected chi connectivity index (χ1v) is 7.17. The fourth-order valence-electron chi connectivity index (χ4n) is 1.87. The van der Waals surface area contributed by atoms with E-state index in [-0.39, 0.29) is 12.8 Å². The number of carboxylic acid groups (broad SMARTS) is 1. The first-order valence-electron chi connectivity index (χ1n) is 7.17. The van der Waals surface area contributed by atoms with E-state index in [1.165, 1.54) is 0 Å². The van der Waals surface area contributed by atoms with Gasteiger partial charge in [0.15, 0.2) is 6.10 Å². The lowest BCUT2D eigenvalue weighted by molar-refractivity contribution is -0.873. The van der Waals surface area contributed by atoms with Crippen LogP contribution >= 0.6 is 0 Å². The van der Waals surface area contributed by atoms with Gasteiger partial charge in [-0.1, -0.05) is 19.1 Å². The predicted octanol–water partition coefficient (Wildman–Crippen LogP) is -0.148. The Labute approximate surface area is 126 Å². The van der Waals surface area contributed by atoms with Gasteiger partial charge < -0.3 is 24.2 Å². The van der Waals surface area contributed by atoms with Crippen molar-refractivity contribution in [1.82, 2.24) is 0 Å². The van der Waals surface area contributed by atoms with Crippen molar-refractivity contribution in [3.63, 3.8) is 0 Å². The van der Waals surface area contributed by atoms with E-state index in [2.05, 4.69) is 0 Å². The van der Waals surface area contributed by atoms with Crippen LogP contribution in [0.1, 0.15) is 32.6 Å². The summed E-state index contributed by atoms with van der Waals surface area (Å²) in [4.78, 5) is 22.4. The molecule has 0 saturated heterocycles. The van der Waals surface area contributed by atoms with E-state index in [0.717, 1.165) is 6.42 Å². The predicted molar refractivity (Wildman–Crippen MR) is 77.1 cm³/mol. The lowest BCUT2D eigenvalue weighted by atomic mass is 10.1. The van der Waals surface area contributed by atoms with Crippen LogP contribution in [0, 0.1) is 0 Å². The summed E-state index contributed by atoms with van der Waals surface area (Å²) in [6.07, 6.45) is 2.92. The fourth-order valence-corrected chi connectivity index (χ4v) is 1.87. The number of rotatable bonds is 10. The number of carbonyl (C=O) groups excluding carboxylic acids is 2. The number of esters is 1.